The molecule has 1 aromatic heterocycles. The monoisotopic (exact) mass is 235 g/mol. The number of aromatic nitrogens is 2. The molecule has 1 unspecified atom stereocenters. The van der Waals surface area contributed by atoms with E-state index in [1.54, 1.807) is 6.20 Å². The van der Waals surface area contributed by atoms with Crippen molar-refractivity contribution in [2.45, 2.75) is 45.1 Å². The molecule has 0 saturated carbocycles. The van der Waals surface area contributed by atoms with Crippen LogP contribution in [0.2, 0.25) is 0 Å². The van der Waals surface area contributed by atoms with Crippen molar-refractivity contribution < 1.29 is 0 Å². The molecule has 0 radical (unpaired) electrons. The largest absolute Gasteiger partial charge is 0.353 e. The highest BCUT2D eigenvalue weighted by Crippen LogP contribution is 2.24. The second-order valence-corrected chi connectivity index (χ2v) is 4.49. The van der Waals surface area contributed by atoms with Crippen molar-refractivity contribution in [3.05, 3.63) is 12.3 Å². The van der Waals surface area contributed by atoms with Crippen LogP contribution < -0.4 is 16.2 Å². The van der Waals surface area contributed by atoms with Gasteiger partial charge in [-0.1, -0.05) is 19.8 Å². The van der Waals surface area contributed by atoms with Gasteiger partial charge in [-0.25, -0.2) is 10.8 Å². The van der Waals surface area contributed by atoms with E-state index in [2.05, 4.69) is 27.2 Å². The third kappa shape index (κ3) is 2.85. The number of anilines is 2. The van der Waals surface area contributed by atoms with Gasteiger partial charge < -0.3 is 4.90 Å². The third-order valence-corrected chi connectivity index (χ3v) is 3.41. The fourth-order valence-electron chi connectivity index (χ4n) is 2.48. The first-order valence-corrected chi connectivity index (χ1v) is 6.41. The maximum atomic E-state index is 5.35. The summed E-state index contributed by atoms with van der Waals surface area (Å²) in [5.74, 6) is 6.83. The highest BCUT2D eigenvalue weighted by molar-refractivity contribution is 5.43. The van der Waals surface area contributed by atoms with Crippen molar-refractivity contribution in [1.29, 1.82) is 0 Å². The van der Waals surface area contributed by atoms with E-state index >= 15 is 0 Å². The Morgan fingerprint density at radius 1 is 1.47 bits per heavy atom. The maximum Gasteiger partial charge on any atom is 0.239 e. The van der Waals surface area contributed by atoms with E-state index in [1.807, 2.05) is 6.07 Å². The summed E-state index contributed by atoms with van der Waals surface area (Å²) in [5.41, 5.74) is 2.51. The van der Waals surface area contributed by atoms with Crippen LogP contribution in [0, 0.1) is 0 Å². The summed E-state index contributed by atoms with van der Waals surface area (Å²) in [6.45, 7) is 3.33. The Kier molecular flexibility index (Phi) is 4.14. The van der Waals surface area contributed by atoms with Gasteiger partial charge in [-0.05, 0) is 25.3 Å². The van der Waals surface area contributed by atoms with Gasteiger partial charge >= 0.3 is 0 Å². The number of hydrogen-bond acceptors (Lipinski definition) is 5. The van der Waals surface area contributed by atoms with E-state index in [1.165, 1.54) is 25.7 Å². The van der Waals surface area contributed by atoms with Gasteiger partial charge in [0.25, 0.3) is 0 Å². The van der Waals surface area contributed by atoms with Gasteiger partial charge in [-0.3, -0.25) is 5.43 Å². The summed E-state index contributed by atoms with van der Waals surface area (Å²) in [5, 5.41) is 0. The molecule has 94 valence electrons. The lowest BCUT2D eigenvalue weighted by atomic mass is 10.1. The Balaban J connectivity index is 2.21. The second-order valence-electron chi connectivity index (χ2n) is 4.49. The maximum absolute atomic E-state index is 5.35. The molecule has 1 aliphatic heterocycles. The summed E-state index contributed by atoms with van der Waals surface area (Å²) < 4.78 is 0. The van der Waals surface area contributed by atoms with E-state index in [4.69, 9.17) is 5.84 Å². The van der Waals surface area contributed by atoms with Crippen LogP contribution in [-0.4, -0.2) is 22.6 Å². The van der Waals surface area contributed by atoms with Crippen molar-refractivity contribution in [3.8, 4) is 0 Å². The SMILES string of the molecule is CCC1CCCCCN1c1ccnc(NN)n1. The van der Waals surface area contributed by atoms with E-state index in [0.29, 0.717) is 12.0 Å². The van der Waals surface area contributed by atoms with Crippen molar-refractivity contribution in [2.24, 2.45) is 5.84 Å². The summed E-state index contributed by atoms with van der Waals surface area (Å²) in [7, 11) is 0. The third-order valence-electron chi connectivity index (χ3n) is 3.41. The molecule has 1 aromatic rings. The van der Waals surface area contributed by atoms with Gasteiger partial charge in [0.05, 0.1) is 0 Å². The average molecular weight is 235 g/mol. The molecule has 0 aromatic carbocycles. The highest BCUT2D eigenvalue weighted by atomic mass is 15.3. The second kappa shape index (κ2) is 5.82. The standard InChI is InChI=1S/C12H21N5/c1-2-10-6-4-3-5-9-17(10)11-7-8-14-12(15-11)16-13/h7-8,10H,2-6,9,13H2,1H3,(H,14,15,16). The molecule has 0 spiro atoms. The number of nitrogens with zero attached hydrogens (tertiary/aromatic N) is 3. The van der Waals surface area contributed by atoms with Gasteiger partial charge in [-0.15, -0.1) is 0 Å². The molecular weight excluding hydrogens is 214 g/mol. The fraction of sp³-hybridized carbons (Fsp3) is 0.667. The van der Waals surface area contributed by atoms with Gasteiger partial charge in [0.1, 0.15) is 5.82 Å². The zero-order chi connectivity index (χ0) is 12.1. The molecule has 2 heterocycles. The topological polar surface area (TPSA) is 67.1 Å². The van der Waals surface area contributed by atoms with E-state index in [9.17, 15) is 0 Å². The van der Waals surface area contributed by atoms with Crippen LogP contribution in [0.3, 0.4) is 0 Å². The van der Waals surface area contributed by atoms with E-state index in [-0.39, 0.29) is 0 Å². The molecule has 0 amide bonds. The number of nitrogens with two attached hydrogens (primary N) is 1. The number of nitrogen functional groups attached to an aromatic ring is 1. The molecule has 1 aliphatic rings. The zero-order valence-electron chi connectivity index (χ0n) is 10.4. The molecule has 0 bridgehead atoms. The minimum Gasteiger partial charge on any atom is -0.353 e. The van der Waals surface area contributed by atoms with Gasteiger partial charge in [0, 0.05) is 18.8 Å². The molecule has 1 fully saturated rings. The quantitative estimate of drug-likeness (QED) is 0.619. The van der Waals surface area contributed by atoms with Gasteiger partial charge in [0.15, 0.2) is 0 Å². The Hall–Kier alpha value is -1.36. The molecule has 5 heteroatoms. The molecule has 1 saturated heterocycles. The summed E-state index contributed by atoms with van der Waals surface area (Å²) in [6.07, 6.45) is 8.06. The molecular formula is C12H21N5. The fourth-order valence-corrected chi connectivity index (χ4v) is 2.48. The molecule has 17 heavy (non-hydrogen) atoms. The first kappa shape index (κ1) is 12.1. The summed E-state index contributed by atoms with van der Waals surface area (Å²) in [6, 6.07) is 2.56. The van der Waals surface area contributed by atoms with Crippen molar-refractivity contribution in [3.63, 3.8) is 0 Å². The first-order valence-electron chi connectivity index (χ1n) is 6.41. The molecule has 5 nitrogen and oxygen atoms in total. The van der Waals surface area contributed by atoms with Gasteiger partial charge in [0.2, 0.25) is 5.95 Å². The molecule has 3 N–H and O–H groups in total. The number of hydrogen-bond donors (Lipinski definition) is 2. The van der Waals surface area contributed by atoms with Crippen LogP contribution in [0.15, 0.2) is 12.3 Å². The van der Waals surface area contributed by atoms with E-state index < -0.39 is 0 Å². The Morgan fingerprint density at radius 3 is 3.12 bits per heavy atom. The van der Waals surface area contributed by atoms with Crippen molar-refractivity contribution in [1.82, 2.24) is 9.97 Å². The Labute approximate surface area is 102 Å². The highest BCUT2D eigenvalue weighted by Gasteiger charge is 2.20. The van der Waals surface area contributed by atoms with Crippen LogP contribution >= 0.6 is 0 Å². The van der Waals surface area contributed by atoms with Crippen LogP contribution in [-0.2, 0) is 0 Å². The number of rotatable bonds is 3. The van der Waals surface area contributed by atoms with Crippen molar-refractivity contribution >= 4 is 11.8 Å². The Morgan fingerprint density at radius 2 is 2.35 bits per heavy atom. The minimum atomic E-state index is 0.488. The van der Waals surface area contributed by atoms with Gasteiger partial charge in [-0.2, -0.15) is 4.98 Å². The summed E-state index contributed by atoms with van der Waals surface area (Å²) >= 11 is 0. The minimum absolute atomic E-state index is 0.488. The zero-order valence-corrected chi connectivity index (χ0v) is 10.4. The summed E-state index contributed by atoms with van der Waals surface area (Å²) in [4.78, 5) is 10.9. The lowest BCUT2D eigenvalue weighted by molar-refractivity contribution is 0.552. The predicted molar refractivity (Wildman–Crippen MR) is 69.7 cm³/mol. The number of hydrazine groups is 1. The average Bonchev–Trinajstić information content (AvgIpc) is 2.63. The number of nitrogens with one attached hydrogen (secondary N) is 1. The Bertz CT molecular complexity index is 355. The first-order chi connectivity index (χ1) is 8.35. The molecule has 2 rings (SSSR count). The van der Waals surface area contributed by atoms with Crippen molar-refractivity contribution in [2.75, 3.05) is 16.9 Å². The molecule has 0 aliphatic carbocycles. The normalized spacial score (nSPS) is 21.1. The van der Waals surface area contributed by atoms with Crippen LogP contribution in [0.5, 0.6) is 0 Å². The lowest BCUT2D eigenvalue weighted by Crippen LogP contribution is -2.35. The predicted octanol–water partition coefficient (Wildman–Crippen LogP) is 1.92. The smallest absolute Gasteiger partial charge is 0.239 e. The van der Waals surface area contributed by atoms with Crippen LogP contribution in [0.25, 0.3) is 0 Å². The van der Waals surface area contributed by atoms with E-state index in [0.717, 1.165) is 18.8 Å². The lowest BCUT2D eigenvalue weighted by Gasteiger charge is -2.30. The molecule has 1 atom stereocenters. The van der Waals surface area contributed by atoms with Crippen LogP contribution in [0.1, 0.15) is 39.0 Å². The van der Waals surface area contributed by atoms with Crippen LogP contribution in [0.4, 0.5) is 11.8 Å².